The number of amides is 1. The monoisotopic (exact) mass is 373 g/mol. The van der Waals surface area contributed by atoms with Gasteiger partial charge < -0.3 is 15.0 Å². The summed E-state index contributed by atoms with van der Waals surface area (Å²) in [4.78, 5) is 20.2. The number of carbonyl (C=O) groups is 1. The molecule has 2 N–H and O–H groups in total. The Labute approximate surface area is 159 Å². The zero-order valence-corrected chi connectivity index (χ0v) is 16.3. The van der Waals surface area contributed by atoms with E-state index >= 15 is 0 Å². The summed E-state index contributed by atoms with van der Waals surface area (Å²) in [6.45, 7) is 5.23. The van der Waals surface area contributed by atoms with Crippen molar-refractivity contribution in [1.29, 1.82) is 0 Å². The Hall–Kier alpha value is -1.95. The van der Waals surface area contributed by atoms with Crippen LogP contribution in [-0.4, -0.2) is 34.3 Å². The Balaban J connectivity index is 1.51. The molecule has 0 spiro atoms. The van der Waals surface area contributed by atoms with E-state index in [4.69, 9.17) is 4.74 Å². The Morgan fingerprint density at radius 3 is 3.08 bits per heavy atom. The summed E-state index contributed by atoms with van der Waals surface area (Å²) in [5.41, 5.74) is 3.29. The summed E-state index contributed by atoms with van der Waals surface area (Å²) in [5, 5.41) is 3.61. The topological polar surface area (TPSA) is 67.0 Å². The number of imidazole rings is 1. The number of H-pyrrole nitrogens is 1. The highest BCUT2D eigenvalue weighted by molar-refractivity contribution is 8.00. The molecule has 0 saturated heterocycles. The first-order chi connectivity index (χ1) is 12.7. The number of hydrogen-bond acceptors (Lipinski definition) is 4. The highest BCUT2D eigenvalue weighted by Crippen LogP contribution is 2.26. The lowest BCUT2D eigenvalue weighted by molar-refractivity contribution is -0.120. The van der Waals surface area contributed by atoms with Crippen LogP contribution in [0.4, 0.5) is 0 Å². The van der Waals surface area contributed by atoms with Crippen LogP contribution in [0.1, 0.15) is 46.0 Å². The molecule has 6 heteroatoms. The molecule has 1 aliphatic carbocycles. The molecule has 0 fully saturated rings. The fraction of sp³-hybridized carbons (Fsp3) is 0.500. The van der Waals surface area contributed by atoms with E-state index in [1.165, 1.54) is 43.0 Å². The molecule has 3 rings (SSSR count). The second-order valence-corrected chi connectivity index (χ2v) is 7.89. The molecule has 1 aromatic carbocycles. The number of hydrogen-bond donors (Lipinski definition) is 2. The van der Waals surface area contributed by atoms with Crippen LogP contribution in [0.5, 0.6) is 5.75 Å². The van der Waals surface area contributed by atoms with Gasteiger partial charge in [-0.25, -0.2) is 4.98 Å². The predicted molar refractivity (Wildman–Crippen MR) is 107 cm³/mol. The van der Waals surface area contributed by atoms with Gasteiger partial charge in [-0.3, -0.25) is 4.79 Å². The van der Waals surface area contributed by atoms with Crippen LogP contribution in [-0.2, 0) is 4.79 Å². The van der Waals surface area contributed by atoms with Crippen molar-refractivity contribution in [3.63, 3.8) is 0 Å². The first kappa shape index (κ1) is 18.8. The van der Waals surface area contributed by atoms with E-state index in [1.807, 2.05) is 32.0 Å². The number of thioether (sulfide) groups is 1. The van der Waals surface area contributed by atoms with Gasteiger partial charge in [-0.1, -0.05) is 23.4 Å². The van der Waals surface area contributed by atoms with Gasteiger partial charge >= 0.3 is 0 Å². The number of ether oxygens (including phenoxy) is 1. The second kappa shape index (κ2) is 9.12. The molecule has 0 saturated carbocycles. The molecule has 1 unspecified atom stereocenters. The number of aromatic nitrogens is 2. The number of fused-ring (bicyclic) bond motifs is 1. The molecular weight excluding hydrogens is 346 g/mol. The van der Waals surface area contributed by atoms with Crippen LogP contribution in [0.25, 0.3) is 11.0 Å². The molecule has 5 nitrogen and oxygen atoms in total. The average molecular weight is 374 g/mol. The van der Waals surface area contributed by atoms with Crippen LogP contribution in [0.3, 0.4) is 0 Å². The van der Waals surface area contributed by atoms with Crippen LogP contribution in [0, 0.1) is 0 Å². The summed E-state index contributed by atoms with van der Waals surface area (Å²) >= 11 is 1.45. The van der Waals surface area contributed by atoms with E-state index in [9.17, 15) is 4.79 Å². The maximum absolute atomic E-state index is 12.3. The number of allylic oxidation sites excluding steroid dienone is 1. The van der Waals surface area contributed by atoms with Crippen LogP contribution in [0.2, 0.25) is 0 Å². The van der Waals surface area contributed by atoms with Crippen molar-refractivity contribution in [3.05, 3.63) is 29.8 Å². The van der Waals surface area contributed by atoms with Gasteiger partial charge in [0, 0.05) is 12.6 Å². The Morgan fingerprint density at radius 1 is 1.42 bits per heavy atom. The third kappa shape index (κ3) is 5.04. The van der Waals surface area contributed by atoms with Gasteiger partial charge in [0.1, 0.15) is 5.75 Å². The summed E-state index contributed by atoms with van der Waals surface area (Å²) < 4.78 is 5.51. The fourth-order valence-corrected chi connectivity index (χ4v) is 3.97. The van der Waals surface area contributed by atoms with E-state index < -0.39 is 0 Å². The predicted octanol–water partition coefficient (Wildman–Crippen LogP) is 4.45. The lowest BCUT2D eigenvalue weighted by Gasteiger charge is -2.14. The number of nitrogens with zero attached hydrogens (tertiary/aromatic N) is 1. The van der Waals surface area contributed by atoms with Gasteiger partial charge in [0.15, 0.2) is 5.16 Å². The summed E-state index contributed by atoms with van der Waals surface area (Å²) in [6.07, 6.45) is 8.25. The van der Waals surface area contributed by atoms with Crippen molar-refractivity contribution in [1.82, 2.24) is 15.3 Å². The molecule has 1 heterocycles. The van der Waals surface area contributed by atoms with Crippen molar-refractivity contribution in [2.24, 2.45) is 0 Å². The highest BCUT2D eigenvalue weighted by atomic mass is 32.2. The maximum atomic E-state index is 12.3. The summed E-state index contributed by atoms with van der Waals surface area (Å²) in [7, 11) is 0. The quantitative estimate of drug-likeness (QED) is 0.530. The SMILES string of the molecule is CCOc1ccc2nc(SC(C)C(=O)NCCC3=CCCCC3)[nH]c2c1. The maximum Gasteiger partial charge on any atom is 0.233 e. The van der Waals surface area contributed by atoms with Crippen molar-refractivity contribution in [2.45, 2.75) is 56.4 Å². The van der Waals surface area contributed by atoms with Crippen LogP contribution >= 0.6 is 11.8 Å². The number of rotatable bonds is 8. The molecule has 1 aromatic heterocycles. The molecular formula is C20H27N3O2S. The third-order valence-corrected chi connectivity index (χ3v) is 5.51. The van der Waals surface area contributed by atoms with Gasteiger partial charge in [-0.2, -0.15) is 0 Å². The molecule has 140 valence electrons. The second-order valence-electron chi connectivity index (χ2n) is 6.56. The van der Waals surface area contributed by atoms with E-state index in [-0.39, 0.29) is 11.2 Å². The first-order valence-corrected chi connectivity index (χ1v) is 10.3. The minimum atomic E-state index is -0.192. The molecule has 0 bridgehead atoms. The van der Waals surface area contributed by atoms with E-state index in [0.717, 1.165) is 28.4 Å². The molecule has 26 heavy (non-hydrogen) atoms. The Kier molecular flexibility index (Phi) is 6.61. The molecule has 1 aliphatic rings. The average Bonchev–Trinajstić information content (AvgIpc) is 3.04. The van der Waals surface area contributed by atoms with E-state index in [2.05, 4.69) is 21.4 Å². The molecule has 2 aromatic rings. The number of carbonyl (C=O) groups excluding carboxylic acids is 1. The van der Waals surface area contributed by atoms with Gasteiger partial charge in [0.05, 0.1) is 22.9 Å². The summed E-state index contributed by atoms with van der Waals surface area (Å²) in [5.74, 6) is 0.880. The van der Waals surface area contributed by atoms with Crippen molar-refractivity contribution in [3.8, 4) is 5.75 Å². The van der Waals surface area contributed by atoms with Crippen LogP contribution in [0.15, 0.2) is 35.0 Å². The third-order valence-electron chi connectivity index (χ3n) is 4.53. The minimum absolute atomic E-state index is 0.0573. The number of aromatic amines is 1. The fourth-order valence-electron chi connectivity index (χ4n) is 3.12. The van der Waals surface area contributed by atoms with Crippen LogP contribution < -0.4 is 10.1 Å². The lowest BCUT2D eigenvalue weighted by atomic mass is 9.97. The normalized spacial score (nSPS) is 15.5. The Morgan fingerprint density at radius 2 is 2.31 bits per heavy atom. The Bertz CT molecular complexity index is 784. The molecule has 0 aliphatic heterocycles. The van der Waals surface area contributed by atoms with Crippen molar-refractivity contribution >= 4 is 28.7 Å². The first-order valence-electron chi connectivity index (χ1n) is 9.40. The van der Waals surface area contributed by atoms with Gasteiger partial charge in [0.2, 0.25) is 5.91 Å². The zero-order valence-electron chi connectivity index (χ0n) is 15.5. The lowest BCUT2D eigenvalue weighted by Crippen LogP contribution is -2.31. The molecule has 0 radical (unpaired) electrons. The molecule has 1 atom stereocenters. The number of nitrogens with one attached hydrogen (secondary N) is 2. The van der Waals surface area contributed by atoms with Gasteiger partial charge in [0.25, 0.3) is 0 Å². The molecule has 1 amide bonds. The van der Waals surface area contributed by atoms with E-state index in [0.29, 0.717) is 13.2 Å². The minimum Gasteiger partial charge on any atom is -0.494 e. The van der Waals surface area contributed by atoms with E-state index in [1.54, 1.807) is 0 Å². The smallest absolute Gasteiger partial charge is 0.233 e. The summed E-state index contributed by atoms with van der Waals surface area (Å²) in [6, 6.07) is 5.79. The van der Waals surface area contributed by atoms with Crippen molar-refractivity contribution < 1.29 is 9.53 Å². The highest BCUT2D eigenvalue weighted by Gasteiger charge is 2.16. The van der Waals surface area contributed by atoms with Crippen molar-refractivity contribution in [2.75, 3.05) is 13.2 Å². The largest absolute Gasteiger partial charge is 0.494 e. The standard InChI is InChI=1S/C20H27N3O2S/c1-3-25-16-9-10-17-18(13-16)23-20(22-17)26-14(2)19(24)21-12-11-15-7-5-4-6-8-15/h7,9-10,13-14H,3-6,8,11-12H2,1-2H3,(H,21,24)(H,22,23). The van der Waals surface area contributed by atoms with Gasteiger partial charge in [-0.05, 0) is 58.1 Å². The van der Waals surface area contributed by atoms with Gasteiger partial charge in [-0.15, -0.1) is 0 Å². The number of benzene rings is 1. The zero-order chi connectivity index (χ0) is 18.4.